The number of methoxy groups -OCH3 is 3. The van der Waals surface area contributed by atoms with Gasteiger partial charge in [-0.2, -0.15) is 4.98 Å². The summed E-state index contributed by atoms with van der Waals surface area (Å²) in [6.07, 6.45) is 3.17. The molecule has 9 heteroatoms. The van der Waals surface area contributed by atoms with E-state index in [1.165, 1.54) is 0 Å². The molecule has 36 heavy (non-hydrogen) atoms. The van der Waals surface area contributed by atoms with Crippen molar-refractivity contribution in [2.45, 2.75) is 38.3 Å². The second kappa shape index (κ2) is 11.3. The van der Waals surface area contributed by atoms with E-state index in [2.05, 4.69) is 5.32 Å². The Morgan fingerprint density at radius 1 is 0.944 bits per heavy atom. The number of nitrogens with zero attached hydrogens (tertiary/aromatic N) is 3. The molecule has 1 N–H and O–H groups in total. The first-order valence-electron chi connectivity index (χ1n) is 12.1. The molecule has 1 aromatic heterocycles. The lowest BCUT2D eigenvalue weighted by Crippen LogP contribution is -2.31. The van der Waals surface area contributed by atoms with Gasteiger partial charge in [0.2, 0.25) is 11.7 Å². The van der Waals surface area contributed by atoms with Crippen molar-refractivity contribution in [3.63, 3.8) is 0 Å². The van der Waals surface area contributed by atoms with Crippen molar-refractivity contribution < 1.29 is 23.7 Å². The van der Waals surface area contributed by atoms with E-state index in [1.807, 2.05) is 49.3 Å². The molecule has 0 radical (unpaired) electrons. The van der Waals surface area contributed by atoms with Crippen molar-refractivity contribution in [2.75, 3.05) is 45.6 Å². The van der Waals surface area contributed by atoms with Gasteiger partial charge in [0.25, 0.3) is 0 Å². The molecule has 192 valence electrons. The summed E-state index contributed by atoms with van der Waals surface area (Å²) in [4.78, 5) is 24.2. The first-order valence-corrected chi connectivity index (χ1v) is 12.1. The zero-order chi connectivity index (χ0) is 25.7. The number of aromatic nitrogens is 2. The number of ether oxygens (including phenoxy) is 4. The number of carbonyl (C=O) groups excluding carboxylic acids is 1. The molecule has 4 rings (SSSR count). The Labute approximate surface area is 211 Å². The van der Waals surface area contributed by atoms with Crippen molar-refractivity contribution >= 4 is 28.6 Å². The fourth-order valence-corrected chi connectivity index (χ4v) is 4.66. The number of benzene rings is 2. The normalized spacial score (nSPS) is 17.4. The number of esters is 1. The highest BCUT2D eigenvalue weighted by molar-refractivity contribution is 5.90. The SMILES string of the molecule is COc1ccc(COC(=O)[C@H]2CC[C@@H](Nc3nc(N(C)C)c4ccccc4n3)CC2)c(OC)c1OC. The van der Waals surface area contributed by atoms with Gasteiger partial charge in [-0.1, -0.05) is 12.1 Å². The van der Waals surface area contributed by atoms with Crippen LogP contribution in [0, 0.1) is 5.92 Å². The molecule has 0 spiro atoms. The van der Waals surface area contributed by atoms with Gasteiger partial charge in [0, 0.05) is 31.1 Å². The monoisotopic (exact) mass is 494 g/mol. The van der Waals surface area contributed by atoms with E-state index in [9.17, 15) is 4.79 Å². The second-order valence-corrected chi connectivity index (χ2v) is 9.08. The average molecular weight is 495 g/mol. The Morgan fingerprint density at radius 2 is 1.67 bits per heavy atom. The molecule has 1 heterocycles. The Bertz CT molecular complexity index is 1210. The van der Waals surface area contributed by atoms with Crippen LogP contribution in [0.3, 0.4) is 0 Å². The molecule has 1 aliphatic carbocycles. The van der Waals surface area contributed by atoms with E-state index in [0.717, 1.165) is 48.0 Å². The van der Waals surface area contributed by atoms with Crippen LogP contribution >= 0.6 is 0 Å². The minimum absolute atomic E-state index is 0.110. The van der Waals surface area contributed by atoms with Gasteiger partial charge < -0.3 is 29.2 Å². The number of nitrogens with one attached hydrogen (secondary N) is 1. The van der Waals surface area contributed by atoms with Crippen LogP contribution in [0.25, 0.3) is 10.9 Å². The van der Waals surface area contributed by atoms with Gasteiger partial charge in [-0.15, -0.1) is 0 Å². The highest BCUT2D eigenvalue weighted by Crippen LogP contribution is 2.40. The van der Waals surface area contributed by atoms with E-state index in [-0.39, 0.29) is 24.5 Å². The zero-order valence-corrected chi connectivity index (χ0v) is 21.5. The summed E-state index contributed by atoms with van der Waals surface area (Å²) < 4.78 is 21.9. The van der Waals surface area contributed by atoms with Gasteiger partial charge in [-0.25, -0.2) is 4.98 Å². The minimum Gasteiger partial charge on any atom is -0.493 e. The van der Waals surface area contributed by atoms with Crippen LogP contribution in [0.4, 0.5) is 11.8 Å². The third-order valence-corrected chi connectivity index (χ3v) is 6.56. The summed E-state index contributed by atoms with van der Waals surface area (Å²) in [5.74, 6) is 2.71. The van der Waals surface area contributed by atoms with Gasteiger partial charge in [-0.05, 0) is 49.9 Å². The Balaban J connectivity index is 1.35. The number of anilines is 2. The molecule has 0 bridgehead atoms. The van der Waals surface area contributed by atoms with Gasteiger partial charge in [0.05, 0.1) is 32.8 Å². The maximum absolute atomic E-state index is 12.8. The summed E-state index contributed by atoms with van der Waals surface area (Å²) in [6.45, 7) is 0.110. The average Bonchev–Trinajstić information content (AvgIpc) is 2.90. The van der Waals surface area contributed by atoms with Crippen molar-refractivity contribution in [3.8, 4) is 17.2 Å². The lowest BCUT2D eigenvalue weighted by molar-refractivity contribution is -0.151. The lowest BCUT2D eigenvalue weighted by atomic mass is 9.86. The maximum atomic E-state index is 12.8. The third-order valence-electron chi connectivity index (χ3n) is 6.56. The molecule has 0 saturated heterocycles. The molecular formula is C27H34N4O5. The van der Waals surface area contributed by atoms with Gasteiger partial charge in [0.1, 0.15) is 12.4 Å². The topological polar surface area (TPSA) is 95.0 Å². The molecule has 9 nitrogen and oxygen atoms in total. The van der Waals surface area contributed by atoms with E-state index in [4.69, 9.17) is 28.9 Å². The molecule has 1 saturated carbocycles. The molecule has 0 unspecified atom stereocenters. The second-order valence-electron chi connectivity index (χ2n) is 9.08. The van der Waals surface area contributed by atoms with Gasteiger partial charge in [-0.3, -0.25) is 4.79 Å². The summed E-state index contributed by atoms with van der Waals surface area (Å²) in [5, 5.41) is 4.50. The largest absolute Gasteiger partial charge is 0.493 e. The van der Waals surface area contributed by atoms with Crippen molar-refractivity contribution in [1.29, 1.82) is 0 Å². The standard InChI is InChI=1S/C27H34N4O5/c1-31(2)25-20-8-6-7-9-21(20)29-27(30-25)28-19-13-10-17(11-14-19)26(32)36-16-18-12-15-22(33-3)24(35-5)23(18)34-4/h6-9,12,15,17,19H,10-11,13-14,16H2,1-5H3,(H,28,29,30)/t17-,19+. The van der Waals surface area contributed by atoms with E-state index < -0.39 is 0 Å². The predicted octanol–water partition coefficient (Wildman–Crippen LogP) is 4.44. The maximum Gasteiger partial charge on any atom is 0.309 e. The quantitative estimate of drug-likeness (QED) is 0.433. The summed E-state index contributed by atoms with van der Waals surface area (Å²) in [7, 11) is 8.62. The van der Waals surface area contributed by atoms with E-state index in [0.29, 0.717) is 23.2 Å². The fourth-order valence-electron chi connectivity index (χ4n) is 4.66. The highest BCUT2D eigenvalue weighted by Gasteiger charge is 2.28. The van der Waals surface area contributed by atoms with Gasteiger partial charge >= 0.3 is 5.97 Å². The number of hydrogen-bond donors (Lipinski definition) is 1. The number of carbonyl (C=O) groups is 1. The molecule has 0 aliphatic heterocycles. The lowest BCUT2D eigenvalue weighted by Gasteiger charge is -2.28. The van der Waals surface area contributed by atoms with Crippen LogP contribution in [0.2, 0.25) is 0 Å². The van der Waals surface area contributed by atoms with E-state index in [1.54, 1.807) is 27.4 Å². The summed E-state index contributed by atoms with van der Waals surface area (Å²) in [6, 6.07) is 11.8. The smallest absolute Gasteiger partial charge is 0.309 e. The Morgan fingerprint density at radius 3 is 2.33 bits per heavy atom. The number of fused-ring (bicyclic) bond motifs is 1. The molecule has 3 aromatic rings. The molecule has 0 amide bonds. The van der Waals surface area contributed by atoms with Crippen LogP contribution in [-0.2, 0) is 16.1 Å². The molecule has 0 atom stereocenters. The number of hydrogen-bond acceptors (Lipinski definition) is 9. The first kappa shape index (κ1) is 25.3. The highest BCUT2D eigenvalue weighted by atomic mass is 16.5. The van der Waals surface area contributed by atoms with Gasteiger partial charge in [0.15, 0.2) is 11.5 Å². The summed E-state index contributed by atoms with van der Waals surface area (Å²) >= 11 is 0. The molecule has 1 aliphatic rings. The van der Waals surface area contributed by atoms with Crippen LogP contribution in [0.1, 0.15) is 31.2 Å². The summed E-state index contributed by atoms with van der Waals surface area (Å²) in [5.41, 5.74) is 1.63. The van der Waals surface area contributed by atoms with Crippen LogP contribution in [-0.4, -0.2) is 57.4 Å². The molecule has 2 aromatic carbocycles. The third kappa shape index (κ3) is 5.40. The number of para-hydroxylation sites is 1. The first-order chi connectivity index (χ1) is 17.4. The number of rotatable bonds is 9. The van der Waals surface area contributed by atoms with Crippen LogP contribution in [0.5, 0.6) is 17.2 Å². The van der Waals surface area contributed by atoms with E-state index >= 15 is 0 Å². The molecular weight excluding hydrogens is 460 g/mol. The molecule has 1 fully saturated rings. The van der Waals surface area contributed by atoms with Crippen LogP contribution in [0.15, 0.2) is 36.4 Å². The fraction of sp³-hybridized carbons (Fsp3) is 0.444. The van der Waals surface area contributed by atoms with Crippen molar-refractivity contribution in [1.82, 2.24) is 9.97 Å². The minimum atomic E-state index is -0.192. The van der Waals surface area contributed by atoms with Crippen molar-refractivity contribution in [2.24, 2.45) is 5.92 Å². The Hall–Kier alpha value is -3.75. The Kier molecular flexibility index (Phi) is 7.97. The predicted molar refractivity (Wildman–Crippen MR) is 139 cm³/mol. The van der Waals surface area contributed by atoms with Crippen LogP contribution < -0.4 is 24.4 Å². The van der Waals surface area contributed by atoms with Crippen molar-refractivity contribution in [3.05, 3.63) is 42.0 Å². The zero-order valence-electron chi connectivity index (χ0n) is 21.5.